The zero-order valence-corrected chi connectivity index (χ0v) is 24.3. The highest BCUT2D eigenvalue weighted by molar-refractivity contribution is 5.35. The predicted octanol–water partition coefficient (Wildman–Crippen LogP) is 8.25. The fourth-order valence-electron chi connectivity index (χ4n) is 3.84. The predicted molar refractivity (Wildman–Crippen MR) is 169 cm³/mol. The number of phenols is 1. The van der Waals surface area contributed by atoms with Crippen molar-refractivity contribution in [2.24, 2.45) is 5.73 Å². The number of phenolic OH excluding ortho intramolecular Hbond substituents is 1. The van der Waals surface area contributed by atoms with Gasteiger partial charge in [0.1, 0.15) is 29.5 Å². The van der Waals surface area contributed by atoms with Crippen LogP contribution in [0.4, 0.5) is 0 Å². The van der Waals surface area contributed by atoms with Crippen molar-refractivity contribution in [2.45, 2.75) is 32.6 Å². The van der Waals surface area contributed by atoms with Gasteiger partial charge in [-0.25, -0.2) is 0 Å². The van der Waals surface area contributed by atoms with Crippen LogP contribution in [0, 0.1) is 22.7 Å². The maximum absolute atomic E-state index is 8.74. The lowest BCUT2D eigenvalue weighted by Crippen LogP contribution is -2.03. The fraction of sp³-hybridized carbons (Fsp3) is 0.135. The average molecular weight is 570 g/mol. The van der Waals surface area contributed by atoms with Gasteiger partial charge in [0, 0.05) is 6.54 Å². The largest absolute Gasteiger partial charge is 0.508 e. The van der Waals surface area contributed by atoms with Gasteiger partial charge >= 0.3 is 0 Å². The van der Waals surface area contributed by atoms with Gasteiger partial charge in [0.05, 0.1) is 23.3 Å². The van der Waals surface area contributed by atoms with Gasteiger partial charge in [0.25, 0.3) is 0 Å². The molecule has 0 bridgehead atoms. The highest BCUT2D eigenvalue weighted by Crippen LogP contribution is 2.22. The Morgan fingerprint density at radius 3 is 1.33 bits per heavy atom. The Kier molecular flexibility index (Phi) is 12.9. The molecule has 3 N–H and O–H groups in total. The third kappa shape index (κ3) is 11.1. The third-order valence-corrected chi connectivity index (χ3v) is 6.30. The summed E-state index contributed by atoms with van der Waals surface area (Å²) in [5, 5.41) is 25.7. The van der Waals surface area contributed by atoms with Crippen LogP contribution in [-0.2, 0) is 6.54 Å². The van der Waals surface area contributed by atoms with Crippen molar-refractivity contribution in [3.8, 4) is 29.4 Å². The highest BCUT2D eigenvalue weighted by atomic mass is 16.5. The summed E-state index contributed by atoms with van der Waals surface area (Å²) in [5.74, 6) is 1.84. The van der Waals surface area contributed by atoms with Crippen LogP contribution in [0.1, 0.15) is 53.9 Å². The van der Waals surface area contributed by atoms with Crippen LogP contribution >= 0.6 is 0 Å². The summed E-state index contributed by atoms with van der Waals surface area (Å²) in [5.41, 5.74) is 10.2. The Hall–Kier alpha value is -5.56. The summed E-state index contributed by atoms with van der Waals surface area (Å²) in [6, 6.07) is 45.4. The maximum atomic E-state index is 8.74. The van der Waals surface area contributed by atoms with Crippen LogP contribution in [0.3, 0.4) is 0 Å². The van der Waals surface area contributed by atoms with Crippen LogP contribution in [0.2, 0.25) is 0 Å². The Morgan fingerprint density at radius 1 is 0.581 bits per heavy atom. The summed E-state index contributed by atoms with van der Waals surface area (Å²) in [4.78, 5) is 0. The van der Waals surface area contributed by atoms with Crippen molar-refractivity contribution < 1.29 is 14.6 Å². The smallest absolute Gasteiger partial charge is 0.121 e. The summed E-state index contributed by atoms with van der Waals surface area (Å²) in [6.45, 7) is 4.62. The number of hydrogen-bond acceptors (Lipinski definition) is 6. The zero-order chi connectivity index (χ0) is 30.9. The third-order valence-electron chi connectivity index (χ3n) is 6.30. The molecule has 0 spiro atoms. The SMILES string of the molecule is CC(Oc1ccc(C#N)cc1)c1ccccc1.CC(Oc1ccc(CN)cc1)c1ccccc1.N#Cc1ccc(O)cc1. The second-order valence-electron chi connectivity index (χ2n) is 9.48. The number of benzene rings is 5. The molecule has 0 aliphatic heterocycles. The topological polar surface area (TPSA) is 112 Å². The molecular weight excluding hydrogens is 534 g/mol. The van der Waals surface area contributed by atoms with Crippen molar-refractivity contribution in [2.75, 3.05) is 0 Å². The van der Waals surface area contributed by atoms with E-state index in [4.69, 9.17) is 30.8 Å². The molecule has 5 aromatic carbocycles. The summed E-state index contributed by atoms with van der Waals surface area (Å²) in [7, 11) is 0. The fourth-order valence-corrected chi connectivity index (χ4v) is 3.84. The quantitative estimate of drug-likeness (QED) is 0.204. The van der Waals surface area contributed by atoms with E-state index in [0.717, 1.165) is 22.6 Å². The lowest BCUT2D eigenvalue weighted by molar-refractivity contribution is 0.226. The first-order valence-electron chi connectivity index (χ1n) is 13.8. The van der Waals surface area contributed by atoms with Crippen LogP contribution in [0.25, 0.3) is 0 Å². The minimum atomic E-state index is 0.00383. The molecule has 0 aromatic heterocycles. The van der Waals surface area contributed by atoms with Crippen molar-refractivity contribution >= 4 is 0 Å². The van der Waals surface area contributed by atoms with Gasteiger partial charge < -0.3 is 20.3 Å². The van der Waals surface area contributed by atoms with E-state index in [9.17, 15) is 0 Å². The first-order valence-corrected chi connectivity index (χ1v) is 13.8. The molecular formula is C37H35N3O3. The Balaban J connectivity index is 0.000000186. The molecule has 5 aromatic rings. The van der Waals surface area contributed by atoms with E-state index in [-0.39, 0.29) is 18.0 Å². The van der Waals surface area contributed by atoms with Gasteiger partial charge in [-0.3, -0.25) is 0 Å². The van der Waals surface area contributed by atoms with Crippen molar-refractivity contribution in [1.82, 2.24) is 0 Å². The number of ether oxygens (including phenoxy) is 2. The molecule has 2 atom stereocenters. The minimum Gasteiger partial charge on any atom is -0.508 e. The van der Waals surface area contributed by atoms with E-state index in [1.54, 1.807) is 24.3 Å². The second kappa shape index (κ2) is 17.3. The first kappa shape index (κ1) is 32.0. The standard InChI is InChI=1S/C15H17NO.C15H13NO.C7H5NO/c2*1-12(14-5-3-2-4-6-14)17-15-9-7-13(11-16)8-10-15;8-5-6-1-3-7(9)4-2-6/h2-10,12H,11,16H2,1H3;2-10,12H,1H3;1-4,9H. The van der Waals surface area contributed by atoms with E-state index >= 15 is 0 Å². The molecule has 0 heterocycles. The van der Waals surface area contributed by atoms with Gasteiger partial charge in [-0.2, -0.15) is 10.5 Å². The molecule has 6 nitrogen and oxygen atoms in total. The molecule has 0 aliphatic rings. The Bertz CT molecular complexity index is 1580. The molecule has 2 unspecified atom stereocenters. The normalized spacial score (nSPS) is 11.1. The molecule has 6 heteroatoms. The van der Waals surface area contributed by atoms with Gasteiger partial charge in [0.15, 0.2) is 0 Å². The molecule has 0 amide bonds. The molecule has 0 aliphatic carbocycles. The number of rotatable bonds is 7. The molecule has 0 saturated carbocycles. The van der Waals surface area contributed by atoms with Crippen molar-refractivity contribution in [3.05, 3.63) is 161 Å². The molecule has 0 fully saturated rings. The first-order chi connectivity index (χ1) is 20.9. The number of nitrogens with zero attached hydrogens (tertiary/aromatic N) is 2. The second-order valence-corrected chi connectivity index (χ2v) is 9.48. The lowest BCUT2D eigenvalue weighted by atomic mass is 10.1. The molecule has 0 radical (unpaired) electrons. The number of hydrogen-bond donors (Lipinski definition) is 2. The minimum absolute atomic E-state index is 0.00383. The zero-order valence-electron chi connectivity index (χ0n) is 24.3. The van der Waals surface area contributed by atoms with Gasteiger partial charge in [-0.1, -0.05) is 72.8 Å². The molecule has 0 saturated heterocycles. The Labute approximate surface area is 253 Å². The van der Waals surface area contributed by atoms with Crippen LogP contribution in [0.5, 0.6) is 17.2 Å². The van der Waals surface area contributed by atoms with Gasteiger partial charge in [-0.15, -0.1) is 0 Å². The Morgan fingerprint density at radius 2 is 0.953 bits per heavy atom. The van der Waals surface area contributed by atoms with Crippen molar-refractivity contribution in [1.29, 1.82) is 10.5 Å². The van der Waals surface area contributed by atoms with Crippen LogP contribution in [-0.4, -0.2) is 5.11 Å². The molecule has 216 valence electrons. The monoisotopic (exact) mass is 569 g/mol. The van der Waals surface area contributed by atoms with Gasteiger partial charge in [0.2, 0.25) is 0 Å². The van der Waals surface area contributed by atoms with E-state index in [1.165, 1.54) is 17.7 Å². The van der Waals surface area contributed by atoms with E-state index in [2.05, 4.69) is 18.2 Å². The lowest BCUT2D eigenvalue weighted by Gasteiger charge is -2.15. The van der Waals surface area contributed by atoms with E-state index in [0.29, 0.717) is 17.7 Å². The maximum Gasteiger partial charge on any atom is 0.121 e. The summed E-state index contributed by atoms with van der Waals surface area (Å²) >= 11 is 0. The molecule has 43 heavy (non-hydrogen) atoms. The van der Waals surface area contributed by atoms with Crippen LogP contribution < -0.4 is 15.2 Å². The number of nitriles is 2. The average Bonchev–Trinajstić information content (AvgIpc) is 3.07. The summed E-state index contributed by atoms with van der Waals surface area (Å²) < 4.78 is 11.6. The van der Waals surface area contributed by atoms with Crippen molar-refractivity contribution in [3.63, 3.8) is 0 Å². The molecule has 5 rings (SSSR count). The van der Waals surface area contributed by atoms with Crippen LogP contribution in [0.15, 0.2) is 133 Å². The summed E-state index contributed by atoms with van der Waals surface area (Å²) in [6.07, 6.45) is 0.0593. The van der Waals surface area contributed by atoms with Gasteiger partial charge in [-0.05, 0) is 91.2 Å². The highest BCUT2D eigenvalue weighted by Gasteiger charge is 2.07. The van der Waals surface area contributed by atoms with E-state index in [1.807, 2.05) is 105 Å². The number of nitrogens with two attached hydrogens (primary N) is 1. The number of aromatic hydroxyl groups is 1. The van der Waals surface area contributed by atoms with E-state index < -0.39 is 0 Å².